The quantitative estimate of drug-likeness (QED) is 0.513. The third-order valence-corrected chi connectivity index (χ3v) is 6.89. The van der Waals surface area contributed by atoms with Crippen molar-refractivity contribution in [2.75, 3.05) is 26.2 Å². The molecule has 0 spiro atoms. The number of carbonyl (C=O) groups excluding carboxylic acids is 1. The minimum atomic E-state index is -0.100. The number of benzene rings is 1. The Hall–Kier alpha value is -3.23. The van der Waals surface area contributed by atoms with Crippen LogP contribution in [-0.2, 0) is 6.54 Å². The molecule has 1 aliphatic heterocycles. The van der Waals surface area contributed by atoms with Crippen LogP contribution in [0.5, 0.6) is 0 Å². The van der Waals surface area contributed by atoms with Crippen LogP contribution in [0, 0.1) is 13.8 Å². The number of piperazine rings is 1. The lowest BCUT2D eigenvalue weighted by atomic mass is 10.0. The van der Waals surface area contributed by atoms with E-state index in [2.05, 4.69) is 41.1 Å². The number of carbonyl (C=O) groups is 1. The first-order chi connectivity index (χ1) is 15.5. The van der Waals surface area contributed by atoms with Crippen LogP contribution < -0.4 is 5.56 Å². The van der Waals surface area contributed by atoms with E-state index in [0.717, 1.165) is 20.8 Å². The van der Waals surface area contributed by atoms with Crippen LogP contribution in [0.25, 0.3) is 21.3 Å². The second-order valence-corrected chi connectivity index (χ2v) is 9.34. The van der Waals surface area contributed by atoms with Crippen molar-refractivity contribution in [2.45, 2.75) is 20.4 Å². The van der Waals surface area contributed by atoms with Crippen molar-refractivity contribution in [3.05, 3.63) is 75.0 Å². The summed E-state index contributed by atoms with van der Waals surface area (Å²) in [6.45, 7) is 7.29. The molecule has 32 heavy (non-hydrogen) atoms. The third-order valence-electron chi connectivity index (χ3n) is 5.89. The van der Waals surface area contributed by atoms with Crippen molar-refractivity contribution in [3.63, 3.8) is 0 Å². The molecule has 0 atom stereocenters. The van der Waals surface area contributed by atoms with Crippen LogP contribution in [0.1, 0.15) is 26.8 Å². The van der Waals surface area contributed by atoms with E-state index in [0.29, 0.717) is 49.7 Å². The van der Waals surface area contributed by atoms with Crippen LogP contribution in [0.2, 0.25) is 0 Å². The van der Waals surface area contributed by atoms with Gasteiger partial charge in [-0.25, -0.2) is 4.98 Å². The number of nitrogens with zero attached hydrogens (tertiary/aromatic N) is 3. The minimum Gasteiger partial charge on any atom is -0.459 e. The predicted octanol–water partition coefficient (Wildman–Crippen LogP) is 3.82. The van der Waals surface area contributed by atoms with Crippen molar-refractivity contribution < 1.29 is 9.21 Å². The van der Waals surface area contributed by atoms with Gasteiger partial charge < -0.3 is 14.3 Å². The predicted molar refractivity (Wildman–Crippen MR) is 125 cm³/mol. The number of H-pyrrole nitrogens is 1. The zero-order valence-corrected chi connectivity index (χ0v) is 18.9. The summed E-state index contributed by atoms with van der Waals surface area (Å²) in [6.07, 6.45) is 1.51. The van der Waals surface area contributed by atoms with E-state index in [9.17, 15) is 9.59 Å². The number of furan rings is 1. The van der Waals surface area contributed by atoms with Crippen LogP contribution in [0.3, 0.4) is 0 Å². The molecule has 1 amide bonds. The summed E-state index contributed by atoms with van der Waals surface area (Å²) in [6, 6.07) is 11.6. The van der Waals surface area contributed by atoms with E-state index in [1.807, 2.05) is 6.92 Å². The molecule has 0 unspecified atom stereocenters. The summed E-state index contributed by atoms with van der Waals surface area (Å²) < 4.78 is 5.22. The third kappa shape index (κ3) is 3.87. The monoisotopic (exact) mass is 448 g/mol. The molecule has 3 aromatic heterocycles. The number of fused-ring (bicyclic) bond motifs is 1. The van der Waals surface area contributed by atoms with Gasteiger partial charge in [0, 0.05) is 36.6 Å². The molecule has 4 aromatic rings. The molecule has 164 valence electrons. The van der Waals surface area contributed by atoms with Crippen molar-refractivity contribution in [3.8, 4) is 11.1 Å². The van der Waals surface area contributed by atoms with Gasteiger partial charge in [0.25, 0.3) is 11.5 Å². The lowest BCUT2D eigenvalue weighted by molar-refractivity contribution is 0.0595. The van der Waals surface area contributed by atoms with Crippen molar-refractivity contribution in [1.82, 2.24) is 19.8 Å². The van der Waals surface area contributed by atoms with E-state index >= 15 is 0 Å². The Kier molecular flexibility index (Phi) is 5.40. The van der Waals surface area contributed by atoms with Gasteiger partial charge in [-0.1, -0.05) is 29.8 Å². The number of hydrogen-bond acceptors (Lipinski definition) is 6. The average Bonchev–Trinajstić information content (AvgIpc) is 3.42. The molecule has 0 aliphatic carbocycles. The van der Waals surface area contributed by atoms with Crippen LogP contribution in [0.4, 0.5) is 0 Å². The lowest BCUT2D eigenvalue weighted by Crippen LogP contribution is -2.48. The maximum absolute atomic E-state index is 13.0. The van der Waals surface area contributed by atoms with Crippen LogP contribution >= 0.6 is 11.3 Å². The molecular weight excluding hydrogens is 424 g/mol. The Morgan fingerprint density at radius 1 is 1.12 bits per heavy atom. The first kappa shape index (κ1) is 20.7. The summed E-state index contributed by atoms with van der Waals surface area (Å²) in [5, 5.41) is 0.661. The molecule has 8 heteroatoms. The van der Waals surface area contributed by atoms with Gasteiger partial charge in [-0.05, 0) is 31.5 Å². The van der Waals surface area contributed by atoms with E-state index in [1.165, 1.54) is 11.8 Å². The normalized spacial score (nSPS) is 14.9. The molecule has 4 heterocycles. The highest BCUT2D eigenvalue weighted by Gasteiger charge is 2.24. The van der Waals surface area contributed by atoms with Gasteiger partial charge >= 0.3 is 0 Å². The minimum absolute atomic E-state index is 0.0831. The SMILES string of the molecule is Cc1ccc(-c2c(C)sc3nc(CN4CCN(C(=O)c5ccco5)CC4)[nH]c(=O)c23)cc1. The average molecular weight is 449 g/mol. The Bertz CT molecular complexity index is 1310. The van der Waals surface area contributed by atoms with Gasteiger partial charge in [-0.2, -0.15) is 0 Å². The Morgan fingerprint density at radius 2 is 1.88 bits per heavy atom. The molecule has 0 radical (unpaired) electrons. The molecule has 1 N–H and O–H groups in total. The van der Waals surface area contributed by atoms with Gasteiger partial charge in [0.1, 0.15) is 10.7 Å². The van der Waals surface area contributed by atoms with E-state index in [1.54, 1.807) is 28.4 Å². The number of aryl methyl sites for hydroxylation is 2. The molecule has 0 saturated carbocycles. The first-order valence-electron chi connectivity index (χ1n) is 10.6. The largest absolute Gasteiger partial charge is 0.459 e. The van der Waals surface area contributed by atoms with Crippen molar-refractivity contribution in [1.29, 1.82) is 0 Å². The number of thiophene rings is 1. The van der Waals surface area contributed by atoms with Crippen molar-refractivity contribution in [2.24, 2.45) is 0 Å². The molecular formula is C24H24N4O3S. The smallest absolute Gasteiger partial charge is 0.289 e. The number of hydrogen-bond donors (Lipinski definition) is 1. The summed E-state index contributed by atoms with van der Waals surface area (Å²) in [7, 11) is 0. The second-order valence-electron chi connectivity index (χ2n) is 8.14. The molecule has 1 saturated heterocycles. The molecule has 1 aliphatic rings. The molecule has 0 bridgehead atoms. The van der Waals surface area contributed by atoms with Crippen molar-refractivity contribution >= 4 is 27.5 Å². The van der Waals surface area contributed by atoms with Gasteiger partial charge in [-0.15, -0.1) is 11.3 Å². The fourth-order valence-corrected chi connectivity index (χ4v) is 5.25. The van der Waals surface area contributed by atoms with E-state index in [4.69, 9.17) is 9.40 Å². The zero-order valence-electron chi connectivity index (χ0n) is 18.1. The topological polar surface area (TPSA) is 82.4 Å². The van der Waals surface area contributed by atoms with Gasteiger partial charge in [0.15, 0.2) is 5.76 Å². The Labute approximate surface area is 189 Å². The Balaban J connectivity index is 1.33. The van der Waals surface area contributed by atoms with Crippen LogP contribution in [-0.4, -0.2) is 51.9 Å². The number of nitrogens with one attached hydrogen (secondary N) is 1. The highest BCUT2D eigenvalue weighted by Crippen LogP contribution is 2.35. The number of rotatable bonds is 4. The fraction of sp³-hybridized carbons (Fsp3) is 0.292. The van der Waals surface area contributed by atoms with Gasteiger partial charge in [-0.3, -0.25) is 14.5 Å². The summed E-state index contributed by atoms with van der Waals surface area (Å²) >= 11 is 1.56. The first-order valence-corrected chi connectivity index (χ1v) is 11.5. The number of aromatic amines is 1. The van der Waals surface area contributed by atoms with E-state index < -0.39 is 0 Å². The Morgan fingerprint density at radius 3 is 2.56 bits per heavy atom. The van der Waals surface area contributed by atoms with Crippen LogP contribution in [0.15, 0.2) is 51.9 Å². The summed E-state index contributed by atoms with van der Waals surface area (Å²) in [5.41, 5.74) is 3.09. The molecule has 5 rings (SSSR count). The molecule has 7 nitrogen and oxygen atoms in total. The lowest BCUT2D eigenvalue weighted by Gasteiger charge is -2.33. The number of amides is 1. The zero-order chi connectivity index (χ0) is 22.2. The maximum Gasteiger partial charge on any atom is 0.289 e. The second kappa shape index (κ2) is 8.37. The van der Waals surface area contributed by atoms with E-state index in [-0.39, 0.29) is 11.5 Å². The maximum atomic E-state index is 13.0. The van der Waals surface area contributed by atoms with Gasteiger partial charge in [0.2, 0.25) is 0 Å². The molecule has 1 aromatic carbocycles. The fourth-order valence-electron chi connectivity index (χ4n) is 4.18. The highest BCUT2D eigenvalue weighted by atomic mass is 32.1. The standard InChI is InChI=1S/C24H24N4O3S/c1-15-5-7-17(8-6-15)20-16(2)32-23-21(20)22(29)25-19(26-23)14-27-9-11-28(12-10-27)24(30)18-4-3-13-31-18/h3-8,13H,9-12,14H2,1-2H3,(H,25,26,29). The number of aromatic nitrogens is 2. The summed E-state index contributed by atoms with van der Waals surface area (Å²) in [5.74, 6) is 0.942. The molecule has 1 fully saturated rings. The summed E-state index contributed by atoms with van der Waals surface area (Å²) in [4.78, 5) is 39.1. The highest BCUT2D eigenvalue weighted by molar-refractivity contribution is 7.19. The van der Waals surface area contributed by atoms with Gasteiger partial charge in [0.05, 0.1) is 18.2 Å².